The molecule has 0 saturated carbocycles. The first-order valence-corrected chi connectivity index (χ1v) is 7.08. The lowest BCUT2D eigenvalue weighted by atomic mass is 9.71. The van der Waals surface area contributed by atoms with E-state index in [0.29, 0.717) is 0 Å². The zero-order chi connectivity index (χ0) is 24.5. The number of hydrogen-bond acceptors (Lipinski definition) is 3. The van der Waals surface area contributed by atoms with Crippen LogP contribution in [0.1, 0.15) is 0 Å². The lowest BCUT2D eigenvalue weighted by Gasteiger charge is -2.51. The molecule has 0 aliphatic carbocycles. The monoisotopic (exact) mass is 499 g/mol. The predicted octanol–water partition coefficient (Wildman–Crippen LogP) is 4.70. The van der Waals surface area contributed by atoms with Gasteiger partial charge in [0.2, 0.25) is 0 Å². The van der Waals surface area contributed by atoms with Crippen LogP contribution in [0.2, 0.25) is 0 Å². The summed E-state index contributed by atoms with van der Waals surface area (Å²) in [6, 6.07) is 0. The predicted molar refractivity (Wildman–Crippen MR) is 50.1 cm³/mol. The van der Waals surface area contributed by atoms with Gasteiger partial charge >= 0.3 is 47.0 Å². The highest BCUT2D eigenvalue weighted by Gasteiger charge is 3.03. The smallest absolute Gasteiger partial charge is 0.422 e. The van der Waals surface area contributed by atoms with Gasteiger partial charge in [0, 0.05) is 0 Å². The van der Waals surface area contributed by atoms with Gasteiger partial charge in [-0.2, -0.15) is 65.9 Å². The Hall–Kier alpha value is -1.28. The molecule has 0 N–H and O–H groups in total. The highest BCUT2D eigenvalue weighted by atomic mass is 32.2. The molecular weight excluding hydrogens is 499 g/mol. The lowest BCUT2D eigenvalue weighted by molar-refractivity contribution is -0.495. The van der Waals surface area contributed by atoms with Gasteiger partial charge in [0.15, 0.2) is 0 Å². The normalized spacial score (nSPS) is 16.9. The van der Waals surface area contributed by atoms with E-state index in [1.807, 2.05) is 0 Å². The summed E-state index contributed by atoms with van der Waals surface area (Å²) in [6.07, 6.45) is -43.6. The van der Waals surface area contributed by atoms with Gasteiger partial charge in [0.1, 0.15) is 10.1 Å². The minimum absolute atomic E-state index is 8.65. The van der Waals surface area contributed by atoms with Crippen LogP contribution in [0.25, 0.3) is 0 Å². The van der Waals surface area contributed by atoms with Gasteiger partial charge in [-0.1, -0.05) is 0 Å². The Kier molecular flexibility index (Phi) is 6.08. The van der Waals surface area contributed by atoms with Crippen molar-refractivity contribution in [2.75, 3.05) is 0 Å². The maximum Gasteiger partial charge on any atom is 0.422 e. The van der Waals surface area contributed by atoms with Gasteiger partial charge in [-0.05, 0) is 0 Å². The Labute approximate surface area is 146 Å². The standard InChI is InChI=1S/C8HF17O3S/c9-3(10,1(4(11,12)13,5(14,15)16)6(17,18)19)2(7(20,21)22,8(23,24)25)29(26,27)28/h(H,26,27,28)/p-1. The summed E-state index contributed by atoms with van der Waals surface area (Å²) < 4.78 is 240. The van der Waals surface area contributed by atoms with E-state index in [1.54, 1.807) is 0 Å². The molecule has 0 rings (SSSR count). The van der Waals surface area contributed by atoms with Gasteiger partial charge in [0.25, 0.3) is 0 Å². The van der Waals surface area contributed by atoms with E-state index >= 15 is 0 Å². The highest BCUT2D eigenvalue weighted by Crippen LogP contribution is 2.73. The summed E-state index contributed by atoms with van der Waals surface area (Å²) in [5, 5.41) is 0. The second-order valence-electron chi connectivity index (χ2n) is 4.95. The highest BCUT2D eigenvalue weighted by molar-refractivity contribution is 7.87. The molecular formula is C8F17O3S-. The molecule has 0 aromatic carbocycles. The molecule has 0 aromatic heterocycles. The third-order valence-corrected chi connectivity index (χ3v) is 4.83. The topological polar surface area (TPSA) is 57.2 Å². The van der Waals surface area contributed by atoms with Crippen molar-refractivity contribution in [2.45, 2.75) is 41.6 Å². The average Bonchev–Trinajstić information content (AvgIpc) is 2.12. The fourth-order valence-corrected chi connectivity index (χ4v) is 3.27. The quantitative estimate of drug-likeness (QED) is 0.418. The Bertz CT molecular complexity index is 664. The summed E-state index contributed by atoms with van der Waals surface area (Å²) in [7, 11) is -9.21. The molecule has 3 nitrogen and oxygen atoms in total. The molecule has 0 aliphatic heterocycles. The minimum atomic E-state index is -9.49. The molecule has 0 spiro atoms. The molecule has 0 amide bonds. The molecule has 0 unspecified atom stereocenters. The second-order valence-corrected chi connectivity index (χ2v) is 6.47. The largest absolute Gasteiger partial charge is 0.747 e. The van der Waals surface area contributed by atoms with E-state index in [1.165, 1.54) is 0 Å². The van der Waals surface area contributed by atoms with Crippen LogP contribution in [0.3, 0.4) is 0 Å². The Morgan fingerprint density at radius 3 is 0.759 bits per heavy atom. The molecule has 0 radical (unpaired) electrons. The third-order valence-electron chi connectivity index (χ3n) is 3.36. The van der Waals surface area contributed by atoms with Crippen LogP contribution in [-0.4, -0.2) is 54.5 Å². The molecule has 0 saturated heterocycles. The molecule has 21 heteroatoms. The zero-order valence-corrected chi connectivity index (χ0v) is 12.9. The van der Waals surface area contributed by atoms with Crippen LogP contribution in [-0.2, 0) is 10.1 Å². The molecule has 0 fully saturated rings. The summed E-state index contributed by atoms with van der Waals surface area (Å²) in [4.78, 5) is 0. The summed E-state index contributed by atoms with van der Waals surface area (Å²) in [5.41, 5.74) is -9.29. The first-order chi connectivity index (χ1) is 12.0. The fraction of sp³-hybridized carbons (Fsp3) is 1.00. The number of hydrogen-bond donors (Lipinski definition) is 0. The van der Waals surface area contributed by atoms with Crippen LogP contribution in [0.4, 0.5) is 74.6 Å². The SMILES string of the molecule is O=S(=O)([O-])C(C(F)(F)F)(C(F)(F)F)C(F)(F)C(C(F)(F)F)(C(F)(F)F)C(F)(F)F. The first-order valence-electron chi connectivity index (χ1n) is 5.67. The summed E-state index contributed by atoms with van der Waals surface area (Å²) >= 11 is 0. The van der Waals surface area contributed by atoms with E-state index in [-0.39, 0.29) is 0 Å². The number of alkyl halides is 17. The van der Waals surface area contributed by atoms with Crippen LogP contribution >= 0.6 is 0 Å². The van der Waals surface area contributed by atoms with Gasteiger partial charge < -0.3 is 4.55 Å². The summed E-state index contributed by atoms with van der Waals surface area (Å²) in [6.45, 7) is 0. The summed E-state index contributed by atoms with van der Waals surface area (Å²) in [5.74, 6) is -9.49. The molecule has 0 bridgehead atoms. The van der Waals surface area contributed by atoms with Crippen molar-refractivity contribution in [3.05, 3.63) is 0 Å². The van der Waals surface area contributed by atoms with E-state index in [9.17, 15) is 87.6 Å². The number of rotatable bonds is 3. The van der Waals surface area contributed by atoms with Crippen molar-refractivity contribution < 1.29 is 87.6 Å². The first kappa shape index (κ1) is 27.7. The molecule has 0 heterocycles. The van der Waals surface area contributed by atoms with Crippen molar-refractivity contribution in [2.24, 2.45) is 5.41 Å². The Morgan fingerprint density at radius 1 is 0.448 bits per heavy atom. The Morgan fingerprint density at radius 2 is 0.655 bits per heavy atom. The van der Waals surface area contributed by atoms with Crippen LogP contribution in [0.15, 0.2) is 0 Å². The maximum absolute atomic E-state index is 13.9. The van der Waals surface area contributed by atoms with Gasteiger partial charge in [-0.25, -0.2) is 17.2 Å². The van der Waals surface area contributed by atoms with E-state index in [0.717, 1.165) is 0 Å². The van der Waals surface area contributed by atoms with Crippen LogP contribution in [0, 0.1) is 5.41 Å². The molecule has 29 heavy (non-hydrogen) atoms. The average molecular weight is 499 g/mol. The second kappa shape index (κ2) is 6.36. The van der Waals surface area contributed by atoms with E-state index in [4.69, 9.17) is 0 Å². The fourth-order valence-electron chi connectivity index (χ4n) is 2.24. The molecule has 0 aromatic rings. The van der Waals surface area contributed by atoms with Crippen molar-refractivity contribution >= 4 is 10.1 Å². The number of halogens is 17. The van der Waals surface area contributed by atoms with Crippen molar-refractivity contribution in [1.82, 2.24) is 0 Å². The van der Waals surface area contributed by atoms with Gasteiger partial charge in [-0.3, -0.25) is 0 Å². The minimum Gasteiger partial charge on any atom is -0.747 e. The van der Waals surface area contributed by atoms with Crippen molar-refractivity contribution in [1.29, 1.82) is 0 Å². The van der Waals surface area contributed by atoms with Crippen LogP contribution in [0.5, 0.6) is 0 Å². The maximum atomic E-state index is 13.9. The van der Waals surface area contributed by atoms with Gasteiger partial charge in [-0.15, -0.1) is 0 Å². The molecule has 0 aliphatic rings. The molecule has 176 valence electrons. The molecule has 0 atom stereocenters. The van der Waals surface area contributed by atoms with E-state index < -0.39 is 57.1 Å². The Balaban J connectivity index is 8.34. The van der Waals surface area contributed by atoms with Crippen molar-refractivity contribution in [3.63, 3.8) is 0 Å². The van der Waals surface area contributed by atoms with Crippen LogP contribution < -0.4 is 0 Å². The lowest BCUT2D eigenvalue weighted by Crippen LogP contribution is -2.82. The van der Waals surface area contributed by atoms with E-state index in [2.05, 4.69) is 0 Å². The van der Waals surface area contributed by atoms with Crippen molar-refractivity contribution in [3.8, 4) is 0 Å². The zero-order valence-electron chi connectivity index (χ0n) is 12.1. The van der Waals surface area contributed by atoms with Gasteiger partial charge in [0.05, 0.1) is 0 Å². The third kappa shape index (κ3) is 3.26.